The number of rotatable bonds is 10. The van der Waals surface area contributed by atoms with Crippen LogP contribution < -0.4 is 5.43 Å². The Balaban J connectivity index is 1.19. The molecule has 2 aliphatic heterocycles. The van der Waals surface area contributed by atoms with Crippen molar-refractivity contribution in [3.63, 3.8) is 0 Å². The van der Waals surface area contributed by atoms with Crippen molar-refractivity contribution >= 4 is 23.8 Å². The van der Waals surface area contributed by atoms with Gasteiger partial charge < -0.3 is 25.0 Å². The van der Waals surface area contributed by atoms with E-state index in [1.165, 1.54) is 5.56 Å². The molecule has 0 bridgehead atoms. The molecule has 4 rings (SSSR count). The molecule has 2 aliphatic rings. The zero-order chi connectivity index (χ0) is 24.5. The van der Waals surface area contributed by atoms with Gasteiger partial charge >= 0.3 is 5.97 Å². The van der Waals surface area contributed by atoms with Crippen molar-refractivity contribution in [1.82, 2.24) is 15.3 Å². The van der Waals surface area contributed by atoms with E-state index >= 15 is 0 Å². The number of oxime groups is 1. The first kappa shape index (κ1) is 24.3. The molecule has 1 amide bonds. The fourth-order valence-corrected chi connectivity index (χ4v) is 4.01. The molecule has 10 nitrogen and oxygen atoms in total. The number of ether oxygens (including phenoxy) is 1. The standard InChI is InChI=1S/C25H29N5O5/c31-24(32)17-34-21-8-13-30(14-9-21)25(33)23-15-22(29-35-23)20-3-1-19(2-4-20)16-28-27-12-7-18-5-10-26-11-6-18/h1-6,10-11,16,21,23,27H,7-9,12-15,17H2,(H,31,32). The molecular formula is C25H29N5O5. The number of benzene rings is 1. The minimum absolute atomic E-state index is 0.0953. The van der Waals surface area contributed by atoms with Crippen molar-refractivity contribution in [3.05, 3.63) is 65.5 Å². The molecule has 3 heterocycles. The second-order valence-electron chi connectivity index (χ2n) is 8.46. The minimum Gasteiger partial charge on any atom is -0.480 e. The number of likely N-dealkylation sites (tertiary alicyclic amines) is 1. The van der Waals surface area contributed by atoms with Crippen molar-refractivity contribution in [2.75, 3.05) is 26.2 Å². The van der Waals surface area contributed by atoms with Crippen LogP contribution in [0.5, 0.6) is 0 Å². The maximum Gasteiger partial charge on any atom is 0.329 e. The first-order valence-electron chi connectivity index (χ1n) is 11.7. The molecule has 0 radical (unpaired) electrons. The Morgan fingerprint density at radius 2 is 1.91 bits per heavy atom. The average molecular weight is 480 g/mol. The lowest BCUT2D eigenvalue weighted by Gasteiger charge is -2.32. The van der Waals surface area contributed by atoms with Crippen LogP contribution >= 0.6 is 0 Å². The molecular weight excluding hydrogens is 450 g/mol. The summed E-state index contributed by atoms with van der Waals surface area (Å²) in [5.74, 6) is -1.08. The highest BCUT2D eigenvalue weighted by Crippen LogP contribution is 2.21. The summed E-state index contributed by atoms with van der Waals surface area (Å²) in [6.45, 7) is 1.45. The van der Waals surface area contributed by atoms with E-state index in [9.17, 15) is 9.59 Å². The summed E-state index contributed by atoms with van der Waals surface area (Å²) in [4.78, 5) is 34.7. The van der Waals surface area contributed by atoms with Gasteiger partial charge in [0.2, 0.25) is 6.10 Å². The Kier molecular flexibility index (Phi) is 8.39. The van der Waals surface area contributed by atoms with Gasteiger partial charge in [-0.2, -0.15) is 5.10 Å². The van der Waals surface area contributed by atoms with Crippen LogP contribution in [-0.2, 0) is 25.6 Å². The van der Waals surface area contributed by atoms with Gasteiger partial charge in [0.1, 0.15) is 6.61 Å². The number of carbonyl (C=O) groups excluding carboxylic acids is 1. The minimum atomic E-state index is -0.985. The number of carboxylic acid groups (broad SMARTS) is 1. The largest absolute Gasteiger partial charge is 0.480 e. The van der Waals surface area contributed by atoms with Crippen LogP contribution in [0.15, 0.2) is 59.0 Å². The molecule has 1 saturated heterocycles. The molecule has 35 heavy (non-hydrogen) atoms. The summed E-state index contributed by atoms with van der Waals surface area (Å²) in [5, 5.41) is 17.1. The van der Waals surface area contributed by atoms with Crippen molar-refractivity contribution < 1.29 is 24.3 Å². The first-order chi connectivity index (χ1) is 17.1. The SMILES string of the molecule is O=C(O)COC1CCN(C(=O)C2CC(c3ccc(C=NNCCc4ccncc4)cc3)=NO2)CC1. The van der Waals surface area contributed by atoms with E-state index in [0.29, 0.717) is 32.4 Å². The molecule has 0 aliphatic carbocycles. The van der Waals surface area contributed by atoms with E-state index in [1.54, 1.807) is 23.5 Å². The highest BCUT2D eigenvalue weighted by molar-refractivity contribution is 6.04. The first-order valence-corrected chi connectivity index (χ1v) is 11.7. The number of carbonyl (C=O) groups is 2. The van der Waals surface area contributed by atoms with Gasteiger partial charge in [0.15, 0.2) is 0 Å². The summed E-state index contributed by atoms with van der Waals surface area (Å²) in [5.41, 5.74) is 6.85. The van der Waals surface area contributed by atoms with Crippen LogP contribution in [0.3, 0.4) is 0 Å². The average Bonchev–Trinajstić information content (AvgIpc) is 3.38. The predicted molar refractivity (Wildman–Crippen MR) is 129 cm³/mol. The van der Waals surface area contributed by atoms with Crippen LogP contribution in [0.1, 0.15) is 36.0 Å². The van der Waals surface area contributed by atoms with E-state index in [-0.39, 0.29) is 18.6 Å². The molecule has 1 unspecified atom stereocenters. The number of pyridine rings is 1. The van der Waals surface area contributed by atoms with Gasteiger partial charge in [-0.05, 0) is 48.1 Å². The lowest BCUT2D eigenvalue weighted by Crippen LogP contribution is -2.45. The number of piperidine rings is 1. The third-order valence-corrected chi connectivity index (χ3v) is 5.96. The van der Waals surface area contributed by atoms with Crippen LogP contribution in [0.2, 0.25) is 0 Å². The molecule has 2 aromatic rings. The molecule has 1 aromatic heterocycles. The summed E-state index contributed by atoms with van der Waals surface area (Å²) in [6, 6.07) is 11.8. The molecule has 1 atom stereocenters. The predicted octanol–water partition coefficient (Wildman–Crippen LogP) is 1.83. The smallest absolute Gasteiger partial charge is 0.329 e. The zero-order valence-corrected chi connectivity index (χ0v) is 19.4. The molecule has 2 N–H and O–H groups in total. The van der Waals surface area contributed by atoms with E-state index in [0.717, 1.165) is 29.8 Å². The molecule has 1 aromatic carbocycles. The maximum atomic E-state index is 12.8. The van der Waals surface area contributed by atoms with Gasteiger partial charge in [-0.15, -0.1) is 0 Å². The lowest BCUT2D eigenvalue weighted by molar-refractivity contribution is -0.149. The number of amides is 1. The topological polar surface area (TPSA) is 126 Å². The Labute approximate surface area is 203 Å². The third-order valence-electron chi connectivity index (χ3n) is 5.96. The van der Waals surface area contributed by atoms with Gasteiger partial charge in [-0.25, -0.2) is 4.79 Å². The van der Waals surface area contributed by atoms with Crippen molar-refractivity contribution in [2.24, 2.45) is 10.3 Å². The van der Waals surface area contributed by atoms with Crippen LogP contribution in [0.25, 0.3) is 0 Å². The fraction of sp³-hybridized carbons (Fsp3) is 0.400. The molecule has 0 spiro atoms. The van der Waals surface area contributed by atoms with E-state index < -0.39 is 12.1 Å². The summed E-state index contributed by atoms with van der Waals surface area (Å²) < 4.78 is 5.33. The van der Waals surface area contributed by atoms with Gasteiger partial charge in [-0.3, -0.25) is 9.78 Å². The summed E-state index contributed by atoms with van der Waals surface area (Å²) >= 11 is 0. The molecule has 0 saturated carbocycles. The monoisotopic (exact) mass is 479 g/mol. The second kappa shape index (κ2) is 12.1. The highest BCUT2D eigenvalue weighted by Gasteiger charge is 2.34. The highest BCUT2D eigenvalue weighted by atomic mass is 16.6. The van der Waals surface area contributed by atoms with Crippen LogP contribution in [0, 0.1) is 0 Å². The van der Waals surface area contributed by atoms with Crippen LogP contribution in [0.4, 0.5) is 0 Å². The number of hydrogen-bond donors (Lipinski definition) is 2. The number of nitrogens with one attached hydrogen (secondary N) is 1. The number of hydrogen-bond acceptors (Lipinski definition) is 8. The fourth-order valence-electron chi connectivity index (χ4n) is 4.01. The normalized spacial score (nSPS) is 18.3. The van der Waals surface area contributed by atoms with Gasteiger partial charge in [0.25, 0.3) is 5.91 Å². The Morgan fingerprint density at radius 3 is 2.63 bits per heavy atom. The molecule has 1 fully saturated rings. The van der Waals surface area contributed by atoms with Crippen molar-refractivity contribution in [3.8, 4) is 0 Å². The number of aliphatic carboxylic acids is 1. The van der Waals surface area contributed by atoms with Gasteiger partial charge in [-0.1, -0.05) is 29.4 Å². The van der Waals surface area contributed by atoms with Gasteiger partial charge in [0.05, 0.1) is 18.0 Å². The Morgan fingerprint density at radius 1 is 1.17 bits per heavy atom. The molecule has 184 valence electrons. The zero-order valence-electron chi connectivity index (χ0n) is 19.4. The maximum absolute atomic E-state index is 12.8. The quantitative estimate of drug-likeness (QED) is 0.302. The Bertz CT molecular complexity index is 1050. The Hall–Kier alpha value is -3.79. The summed E-state index contributed by atoms with van der Waals surface area (Å²) in [7, 11) is 0. The van der Waals surface area contributed by atoms with E-state index in [1.807, 2.05) is 36.4 Å². The number of hydrazone groups is 1. The van der Waals surface area contributed by atoms with Crippen LogP contribution in [-0.4, -0.2) is 77.2 Å². The number of carboxylic acids is 1. The lowest BCUT2D eigenvalue weighted by atomic mass is 10.0. The van der Waals surface area contributed by atoms with Crippen molar-refractivity contribution in [1.29, 1.82) is 0 Å². The second-order valence-corrected chi connectivity index (χ2v) is 8.46. The van der Waals surface area contributed by atoms with Gasteiger partial charge in [0, 0.05) is 38.4 Å². The van der Waals surface area contributed by atoms with E-state index in [4.69, 9.17) is 14.7 Å². The summed E-state index contributed by atoms with van der Waals surface area (Å²) in [6.07, 6.45) is 7.07. The third kappa shape index (κ3) is 7.10. The number of nitrogens with zero attached hydrogens (tertiary/aromatic N) is 4. The molecule has 10 heteroatoms. The van der Waals surface area contributed by atoms with Crippen molar-refractivity contribution in [2.45, 2.75) is 37.9 Å². The number of aromatic nitrogens is 1. The van der Waals surface area contributed by atoms with E-state index in [2.05, 4.69) is 20.7 Å².